The summed E-state index contributed by atoms with van der Waals surface area (Å²) < 4.78 is 31.1. The lowest BCUT2D eigenvalue weighted by Gasteiger charge is -2.07. The summed E-state index contributed by atoms with van der Waals surface area (Å²) >= 11 is 1.50. The summed E-state index contributed by atoms with van der Waals surface area (Å²) in [6, 6.07) is 8.35. The van der Waals surface area contributed by atoms with Crippen LogP contribution in [0.25, 0.3) is 27.3 Å². The van der Waals surface area contributed by atoms with Crippen molar-refractivity contribution in [2.75, 3.05) is 0 Å². The first-order valence-corrected chi connectivity index (χ1v) is 7.23. The lowest BCUT2D eigenvalue weighted by atomic mass is 10.2. The van der Waals surface area contributed by atoms with Crippen LogP contribution in [0.2, 0.25) is 0 Å². The van der Waals surface area contributed by atoms with E-state index in [0.717, 1.165) is 10.2 Å². The highest BCUT2D eigenvalue weighted by Crippen LogP contribution is 2.30. The highest BCUT2D eigenvalue weighted by Gasteiger charge is 2.16. The molecular weight excluding hydrogens is 310 g/mol. The van der Waals surface area contributed by atoms with Crippen LogP contribution in [0.15, 0.2) is 42.0 Å². The Kier molecular flexibility index (Phi) is 2.97. The second-order valence-electron chi connectivity index (χ2n) is 4.46. The highest BCUT2D eigenvalue weighted by atomic mass is 32.1. The molecule has 0 fully saturated rings. The van der Waals surface area contributed by atoms with Crippen molar-refractivity contribution in [3.63, 3.8) is 0 Å². The molecule has 3 heterocycles. The van der Waals surface area contributed by atoms with Crippen molar-refractivity contribution in [1.82, 2.24) is 19.6 Å². The van der Waals surface area contributed by atoms with Crippen LogP contribution in [0.4, 0.5) is 8.78 Å². The lowest BCUT2D eigenvalue weighted by molar-refractivity contribution is -0.0494. The molecule has 0 saturated heterocycles. The van der Waals surface area contributed by atoms with Gasteiger partial charge < -0.3 is 4.74 Å². The van der Waals surface area contributed by atoms with E-state index in [9.17, 15) is 8.78 Å². The maximum atomic E-state index is 12.5. The van der Waals surface area contributed by atoms with Gasteiger partial charge in [-0.25, -0.2) is 14.5 Å². The minimum atomic E-state index is -2.90. The van der Waals surface area contributed by atoms with Gasteiger partial charge in [0.2, 0.25) is 0 Å². The van der Waals surface area contributed by atoms with Crippen LogP contribution in [0.5, 0.6) is 5.75 Å². The zero-order valence-electron chi connectivity index (χ0n) is 11.0. The Morgan fingerprint density at radius 2 is 2.05 bits per heavy atom. The topological polar surface area (TPSA) is 52.3 Å². The smallest absolute Gasteiger partial charge is 0.387 e. The van der Waals surface area contributed by atoms with Gasteiger partial charge >= 0.3 is 6.61 Å². The standard InChI is InChI=1S/C14H8F2N4OS/c15-14(16)21-10-4-2-1-3-8(10)11-18-12-9-5-6-22-13(9)17-7-20(12)19-11/h1-7,14H. The van der Waals surface area contributed by atoms with E-state index in [2.05, 4.69) is 19.8 Å². The van der Waals surface area contributed by atoms with E-state index in [4.69, 9.17) is 0 Å². The van der Waals surface area contributed by atoms with Crippen molar-refractivity contribution >= 4 is 27.2 Å². The monoisotopic (exact) mass is 318 g/mol. The average molecular weight is 318 g/mol. The summed E-state index contributed by atoms with van der Waals surface area (Å²) in [7, 11) is 0. The summed E-state index contributed by atoms with van der Waals surface area (Å²) in [5, 5.41) is 7.09. The number of rotatable bonds is 3. The van der Waals surface area contributed by atoms with Crippen molar-refractivity contribution in [2.45, 2.75) is 6.61 Å². The largest absolute Gasteiger partial charge is 0.434 e. The molecule has 0 aliphatic carbocycles. The fraction of sp³-hybridized carbons (Fsp3) is 0.0714. The molecule has 0 aliphatic heterocycles. The van der Waals surface area contributed by atoms with E-state index in [1.807, 2.05) is 11.4 Å². The van der Waals surface area contributed by atoms with Gasteiger partial charge in [-0.15, -0.1) is 16.4 Å². The number of nitrogens with zero attached hydrogens (tertiary/aromatic N) is 4. The van der Waals surface area contributed by atoms with E-state index in [0.29, 0.717) is 17.0 Å². The number of fused-ring (bicyclic) bond motifs is 3. The van der Waals surface area contributed by atoms with Gasteiger partial charge in [-0.1, -0.05) is 12.1 Å². The molecule has 0 unspecified atom stereocenters. The Morgan fingerprint density at radius 3 is 2.91 bits per heavy atom. The van der Waals surface area contributed by atoms with Crippen LogP contribution in [-0.4, -0.2) is 26.2 Å². The first kappa shape index (κ1) is 13.1. The second kappa shape index (κ2) is 4.99. The molecular formula is C14H8F2N4OS. The van der Waals surface area contributed by atoms with E-state index in [-0.39, 0.29) is 5.75 Å². The van der Waals surface area contributed by atoms with Crippen molar-refractivity contribution in [3.05, 3.63) is 42.0 Å². The quantitative estimate of drug-likeness (QED) is 0.579. The van der Waals surface area contributed by atoms with E-state index in [1.54, 1.807) is 24.5 Å². The summed E-state index contributed by atoms with van der Waals surface area (Å²) in [5.74, 6) is 0.361. The molecule has 5 nitrogen and oxygen atoms in total. The number of ether oxygens (including phenoxy) is 1. The molecule has 1 aromatic carbocycles. The maximum absolute atomic E-state index is 12.5. The highest BCUT2D eigenvalue weighted by molar-refractivity contribution is 7.16. The van der Waals surface area contributed by atoms with E-state index in [1.165, 1.54) is 21.9 Å². The van der Waals surface area contributed by atoms with Gasteiger partial charge in [0.25, 0.3) is 0 Å². The maximum Gasteiger partial charge on any atom is 0.387 e. The SMILES string of the molecule is FC(F)Oc1ccccc1-c1nc2c3ccsc3ncn2n1. The van der Waals surface area contributed by atoms with Crippen molar-refractivity contribution in [1.29, 1.82) is 0 Å². The lowest BCUT2D eigenvalue weighted by Crippen LogP contribution is -2.03. The number of hydrogen-bond donors (Lipinski definition) is 0. The number of aromatic nitrogens is 4. The van der Waals surface area contributed by atoms with Crippen molar-refractivity contribution in [3.8, 4) is 17.1 Å². The number of benzene rings is 1. The number of hydrogen-bond acceptors (Lipinski definition) is 5. The average Bonchev–Trinajstić information content (AvgIpc) is 3.12. The van der Waals surface area contributed by atoms with Crippen LogP contribution in [0.1, 0.15) is 0 Å². The number of thiophene rings is 1. The van der Waals surface area contributed by atoms with Crippen molar-refractivity contribution in [2.24, 2.45) is 0 Å². The van der Waals surface area contributed by atoms with Gasteiger partial charge in [0.15, 0.2) is 11.5 Å². The third kappa shape index (κ3) is 2.08. The zero-order valence-corrected chi connectivity index (χ0v) is 11.8. The number of halogens is 2. The van der Waals surface area contributed by atoms with Crippen LogP contribution in [0, 0.1) is 0 Å². The van der Waals surface area contributed by atoms with Gasteiger partial charge in [0, 0.05) is 0 Å². The molecule has 0 spiro atoms. The van der Waals surface area contributed by atoms with Gasteiger partial charge in [0.1, 0.15) is 16.9 Å². The Balaban J connectivity index is 1.91. The molecule has 0 aliphatic rings. The molecule has 22 heavy (non-hydrogen) atoms. The Morgan fingerprint density at radius 1 is 1.18 bits per heavy atom. The molecule has 8 heteroatoms. The second-order valence-corrected chi connectivity index (χ2v) is 5.36. The zero-order chi connectivity index (χ0) is 15.1. The van der Waals surface area contributed by atoms with Gasteiger partial charge in [0.05, 0.1) is 10.9 Å². The molecule has 0 amide bonds. The minimum Gasteiger partial charge on any atom is -0.434 e. The summed E-state index contributed by atoms with van der Waals surface area (Å²) in [4.78, 5) is 9.57. The van der Waals surface area contributed by atoms with Crippen LogP contribution in [0.3, 0.4) is 0 Å². The molecule has 4 aromatic rings. The van der Waals surface area contributed by atoms with Crippen LogP contribution < -0.4 is 4.74 Å². The Hall–Kier alpha value is -2.61. The summed E-state index contributed by atoms with van der Waals surface area (Å²) in [5.41, 5.74) is 1.04. The van der Waals surface area contributed by atoms with Crippen molar-refractivity contribution < 1.29 is 13.5 Å². The van der Waals surface area contributed by atoms with E-state index >= 15 is 0 Å². The van der Waals surface area contributed by atoms with Gasteiger partial charge in [-0.05, 0) is 23.6 Å². The summed E-state index contributed by atoms with van der Waals surface area (Å²) in [6.45, 7) is -2.90. The Labute approximate surface area is 126 Å². The van der Waals surface area contributed by atoms with Gasteiger partial charge in [-0.3, -0.25) is 0 Å². The fourth-order valence-electron chi connectivity index (χ4n) is 2.23. The number of para-hydroxylation sites is 1. The first-order valence-electron chi connectivity index (χ1n) is 6.35. The third-order valence-corrected chi connectivity index (χ3v) is 3.97. The number of alkyl halides is 2. The van der Waals surface area contributed by atoms with Crippen LogP contribution >= 0.6 is 11.3 Å². The first-order chi connectivity index (χ1) is 10.7. The van der Waals surface area contributed by atoms with E-state index < -0.39 is 6.61 Å². The molecule has 0 atom stereocenters. The molecule has 0 N–H and O–H groups in total. The molecule has 0 bridgehead atoms. The predicted molar refractivity (Wildman–Crippen MR) is 78.2 cm³/mol. The third-order valence-electron chi connectivity index (χ3n) is 3.15. The minimum absolute atomic E-state index is 0.0444. The summed E-state index contributed by atoms with van der Waals surface area (Å²) in [6.07, 6.45) is 1.56. The molecule has 110 valence electrons. The predicted octanol–water partition coefficient (Wildman–Crippen LogP) is 3.61. The Bertz CT molecular complexity index is 966. The van der Waals surface area contributed by atoms with Crippen LogP contribution in [-0.2, 0) is 0 Å². The van der Waals surface area contributed by atoms with Gasteiger partial charge in [-0.2, -0.15) is 8.78 Å². The molecule has 0 radical (unpaired) electrons. The normalized spacial score (nSPS) is 11.6. The molecule has 4 rings (SSSR count). The molecule has 0 saturated carbocycles. The molecule has 3 aromatic heterocycles. The fourth-order valence-corrected chi connectivity index (χ4v) is 2.96.